The zero-order chi connectivity index (χ0) is 16.7. The number of nitrogens with one attached hydrogen (secondary N) is 2. The Morgan fingerprint density at radius 2 is 2.29 bits per heavy atom. The van der Waals surface area contributed by atoms with Crippen LogP contribution in [0, 0.1) is 5.92 Å². The highest BCUT2D eigenvalue weighted by Crippen LogP contribution is 2.42. The molecule has 0 saturated heterocycles. The van der Waals surface area contributed by atoms with Crippen LogP contribution >= 0.6 is 0 Å². The molecule has 2 aromatic heterocycles. The second-order valence-electron chi connectivity index (χ2n) is 6.23. The highest BCUT2D eigenvalue weighted by Gasteiger charge is 2.32. The van der Waals surface area contributed by atoms with Crippen LogP contribution in [-0.4, -0.2) is 39.6 Å². The summed E-state index contributed by atoms with van der Waals surface area (Å²) in [6.07, 6.45) is 3.61. The number of hydrogen-bond donors (Lipinski definition) is 2. The molecule has 1 amide bonds. The number of carbonyl (C=O) groups excluding carboxylic acids is 1. The summed E-state index contributed by atoms with van der Waals surface area (Å²) in [6, 6.07) is 1.89. The van der Waals surface area contributed by atoms with Crippen molar-refractivity contribution in [3.63, 3.8) is 0 Å². The highest BCUT2D eigenvalue weighted by molar-refractivity contribution is 5.99. The van der Waals surface area contributed by atoms with Gasteiger partial charge in [-0.15, -0.1) is 0 Å². The minimum atomic E-state index is -0.00966. The molecule has 24 heavy (non-hydrogen) atoms. The standard InChI is InChI=1S/C16H20N6O2/c1-9-12-13(21-22(20-12)7-8-24-2)11-5-6-17-15(14(11)18-9)19-16(23)10-3-4-10/h5-6,9-10,18H,3-4,7-8H2,1-2H3,(H,17,19,23). The summed E-state index contributed by atoms with van der Waals surface area (Å²) in [5.74, 6) is 0.738. The Morgan fingerprint density at radius 3 is 3.04 bits per heavy atom. The topological polar surface area (TPSA) is 94.0 Å². The Balaban J connectivity index is 1.69. The first kappa shape index (κ1) is 15.1. The summed E-state index contributed by atoms with van der Waals surface area (Å²) in [5, 5.41) is 15.5. The van der Waals surface area contributed by atoms with Crippen LogP contribution in [0.15, 0.2) is 12.3 Å². The van der Waals surface area contributed by atoms with Crippen molar-refractivity contribution >= 4 is 17.4 Å². The van der Waals surface area contributed by atoms with Crippen LogP contribution in [-0.2, 0) is 16.1 Å². The quantitative estimate of drug-likeness (QED) is 0.869. The van der Waals surface area contributed by atoms with Gasteiger partial charge in [0.15, 0.2) is 5.82 Å². The fourth-order valence-electron chi connectivity index (χ4n) is 2.87. The molecule has 0 bridgehead atoms. The third kappa shape index (κ3) is 2.62. The first-order valence-electron chi connectivity index (χ1n) is 8.18. The second-order valence-corrected chi connectivity index (χ2v) is 6.23. The van der Waals surface area contributed by atoms with Crippen LogP contribution in [0.3, 0.4) is 0 Å². The molecule has 3 heterocycles. The maximum absolute atomic E-state index is 12.1. The molecular formula is C16H20N6O2. The molecule has 8 nitrogen and oxygen atoms in total. The monoisotopic (exact) mass is 328 g/mol. The van der Waals surface area contributed by atoms with Gasteiger partial charge < -0.3 is 15.4 Å². The van der Waals surface area contributed by atoms with E-state index in [1.165, 1.54) is 0 Å². The van der Waals surface area contributed by atoms with Crippen molar-refractivity contribution in [3.8, 4) is 11.3 Å². The number of aromatic nitrogens is 4. The van der Waals surface area contributed by atoms with Gasteiger partial charge in [0.25, 0.3) is 0 Å². The maximum Gasteiger partial charge on any atom is 0.228 e. The first-order valence-corrected chi connectivity index (χ1v) is 8.18. The normalized spacial score (nSPS) is 18.5. The fourth-order valence-corrected chi connectivity index (χ4v) is 2.87. The van der Waals surface area contributed by atoms with E-state index in [9.17, 15) is 4.79 Å². The maximum atomic E-state index is 12.1. The highest BCUT2D eigenvalue weighted by atomic mass is 16.5. The van der Waals surface area contributed by atoms with E-state index in [2.05, 4.69) is 25.8 Å². The molecule has 2 N–H and O–H groups in total. The van der Waals surface area contributed by atoms with Gasteiger partial charge in [0.05, 0.1) is 24.9 Å². The smallest absolute Gasteiger partial charge is 0.228 e. The zero-order valence-electron chi connectivity index (χ0n) is 13.7. The molecule has 1 atom stereocenters. The van der Waals surface area contributed by atoms with Crippen LogP contribution in [0.2, 0.25) is 0 Å². The van der Waals surface area contributed by atoms with Crippen LogP contribution in [0.5, 0.6) is 0 Å². The molecule has 2 aliphatic rings. The van der Waals surface area contributed by atoms with Crippen molar-refractivity contribution in [1.29, 1.82) is 0 Å². The summed E-state index contributed by atoms with van der Waals surface area (Å²) >= 11 is 0. The predicted molar refractivity (Wildman–Crippen MR) is 88.5 cm³/mol. The Labute approximate surface area is 139 Å². The molecule has 1 unspecified atom stereocenters. The van der Waals surface area contributed by atoms with Gasteiger partial charge >= 0.3 is 0 Å². The largest absolute Gasteiger partial charge is 0.383 e. The number of methoxy groups -OCH3 is 1. The summed E-state index contributed by atoms with van der Waals surface area (Å²) in [4.78, 5) is 18.1. The average Bonchev–Trinajstić information content (AvgIpc) is 3.33. The lowest BCUT2D eigenvalue weighted by Gasteiger charge is -2.24. The third-order valence-corrected chi connectivity index (χ3v) is 4.34. The molecule has 1 aliphatic heterocycles. The molecule has 1 fully saturated rings. The average molecular weight is 328 g/mol. The van der Waals surface area contributed by atoms with Gasteiger partial charge in [-0.3, -0.25) is 4.79 Å². The molecule has 126 valence electrons. The summed E-state index contributed by atoms with van der Waals surface area (Å²) in [7, 11) is 1.66. The summed E-state index contributed by atoms with van der Waals surface area (Å²) in [5.41, 5.74) is 3.44. The van der Waals surface area contributed by atoms with E-state index in [1.807, 2.05) is 13.0 Å². The predicted octanol–water partition coefficient (Wildman–Crippen LogP) is 1.82. The molecule has 2 aromatic rings. The third-order valence-electron chi connectivity index (χ3n) is 4.34. The number of rotatable bonds is 5. The zero-order valence-corrected chi connectivity index (χ0v) is 13.7. The van der Waals surface area contributed by atoms with Crippen LogP contribution in [0.1, 0.15) is 31.5 Å². The van der Waals surface area contributed by atoms with Gasteiger partial charge in [0, 0.05) is 24.8 Å². The Hall–Kier alpha value is -2.48. The molecule has 0 spiro atoms. The first-order chi connectivity index (χ1) is 11.7. The lowest BCUT2D eigenvalue weighted by Crippen LogP contribution is -2.20. The van der Waals surface area contributed by atoms with E-state index < -0.39 is 0 Å². The molecule has 1 saturated carbocycles. The van der Waals surface area contributed by atoms with Gasteiger partial charge in [0.2, 0.25) is 5.91 Å². The molecule has 8 heteroatoms. The number of nitrogens with zero attached hydrogens (tertiary/aromatic N) is 4. The number of fused-ring (bicyclic) bond motifs is 3. The SMILES string of the molecule is COCCn1nc2c(n1)C(C)Nc1c-2ccnc1NC(=O)C1CC1. The number of ether oxygens (including phenoxy) is 1. The van der Waals surface area contributed by atoms with Crippen molar-refractivity contribution in [2.24, 2.45) is 5.92 Å². The molecule has 0 radical (unpaired) electrons. The van der Waals surface area contributed by atoms with E-state index in [0.717, 1.165) is 35.5 Å². The lowest BCUT2D eigenvalue weighted by molar-refractivity contribution is -0.117. The number of anilines is 2. The second kappa shape index (κ2) is 5.86. The Bertz CT molecular complexity index is 783. The molecule has 4 rings (SSSR count). The van der Waals surface area contributed by atoms with Crippen molar-refractivity contribution in [3.05, 3.63) is 18.0 Å². The van der Waals surface area contributed by atoms with Crippen molar-refractivity contribution < 1.29 is 9.53 Å². The van der Waals surface area contributed by atoms with Crippen LogP contribution < -0.4 is 10.6 Å². The fraction of sp³-hybridized carbons (Fsp3) is 0.500. The minimum Gasteiger partial charge on any atom is -0.383 e. The van der Waals surface area contributed by atoms with Crippen molar-refractivity contribution in [2.45, 2.75) is 32.4 Å². The van der Waals surface area contributed by atoms with Crippen molar-refractivity contribution in [2.75, 3.05) is 24.4 Å². The van der Waals surface area contributed by atoms with Crippen LogP contribution in [0.25, 0.3) is 11.3 Å². The Kier molecular flexibility index (Phi) is 3.68. The van der Waals surface area contributed by atoms with E-state index in [-0.39, 0.29) is 17.9 Å². The molecule has 1 aliphatic carbocycles. The lowest BCUT2D eigenvalue weighted by atomic mass is 10.0. The number of amides is 1. The summed E-state index contributed by atoms with van der Waals surface area (Å²) < 4.78 is 5.09. The molecular weight excluding hydrogens is 308 g/mol. The van der Waals surface area contributed by atoms with E-state index >= 15 is 0 Å². The molecule has 0 aromatic carbocycles. The number of pyridine rings is 1. The number of hydrogen-bond acceptors (Lipinski definition) is 6. The van der Waals surface area contributed by atoms with Gasteiger partial charge in [-0.25, -0.2) is 4.98 Å². The van der Waals surface area contributed by atoms with Gasteiger partial charge in [-0.2, -0.15) is 15.0 Å². The Morgan fingerprint density at radius 1 is 1.46 bits per heavy atom. The van der Waals surface area contributed by atoms with Gasteiger partial charge in [-0.1, -0.05) is 0 Å². The van der Waals surface area contributed by atoms with Gasteiger partial charge in [-0.05, 0) is 25.8 Å². The minimum absolute atomic E-state index is 0.00966. The van der Waals surface area contributed by atoms with Crippen LogP contribution in [0.4, 0.5) is 11.5 Å². The van der Waals surface area contributed by atoms with E-state index in [4.69, 9.17) is 4.74 Å². The number of carbonyl (C=O) groups is 1. The van der Waals surface area contributed by atoms with E-state index in [0.29, 0.717) is 19.0 Å². The van der Waals surface area contributed by atoms with Crippen molar-refractivity contribution in [1.82, 2.24) is 20.0 Å². The van der Waals surface area contributed by atoms with E-state index in [1.54, 1.807) is 18.1 Å². The van der Waals surface area contributed by atoms with Gasteiger partial charge in [0.1, 0.15) is 11.4 Å². The summed E-state index contributed by atoms with van der Waals surface area (Å²) in [6.45, 7) is 3.18.